The number of ether oxygens (including phenoxy) is 1. The highest BCUT2D eigenvalue weighted by Gasteiger charge is 2.25. The van der Waals surface area contributed by atoms with Crippen LogP contribution in [0.1, 0.15) is 27.6 Å². The highest BCUT2D eigenvalue weighted by atomic mass is 19.1. The first kappa shape index (κ1) is 19.3. The van der Waals surface area contributed by atoms with E-state index >= 15 is 0 Å². The molecule has 4 rings (SSSR count). The molecular weight excluding hydrogens is 381 g/mol. The third kappa shape index (κ3) is 4.33. The van der Waals surface area contributed by atoms with Crippen molar-refractivity contribution >= 4 is 17.7 Å². The Kier molecular flexibility index (Phi) is 5.75. The van der Waals surface area contributed by atoms with Crippen molar-refractivity contribution in [3.8, 4) is 0 Å². The molecule has 6 heteroatoms. The van der Waals surface area contributed by atoms with Gasteiger partial charge in [0.2, 0.25) is 0 Å². The molecule has 0 radical (unpaired) electrons. The number of nitrogens with zero attached hydrogens (tertiary/aromatic N) is 3. The van der Waals surface area contributed by atoms with Crippen molar-refractivity contribution in [3.63, 3.8) is 0 Å². The van der Waals surface area contributed by atoms with E-state index in [0.29, 0.717) is 5.70 Å². The van der Waals surface area contributed by atoms with E-state index in [1.165, 1.54) is 30.9 Å². The highest BCUT2D eigenvalue weighted by Crippen LogP contribution is 2.31. The molecule has 1 atom stereocenters. The van der Waals surface area contributed by atoms with Gasteiger partial charge in [0.15, 0.2) is 6.10 Å². The Labute approximate surface area is 173 Å². The number of carbonyl (C=O) groups excluding carboxylic acids is 1. The lowest BCUT2D eigenvalue weighted by Gasteiger charge is -2.22. The number of esters is 1. The van der Waals surface area contributed by atoms with Crippen LogP contribution in [-0.4, -0.2) is 20.7 Å². The Bertz CT molecular complexity index is 1140. The third-order valence-corrected chi connectivity index (χ3v) is 4.49. The Morgan fingerprint density at radius 2 is 1.60 bits per heavy atom. The van der Waals surface area contributed by atoms with Crippen LogP contribution in [0.15, 0.2) is 97.6 Å². The minimum Gasteiger partial charge on any atom is -0.447 e. The Morgan fingerprint density at radius 1 is 0.933 bits per heavy atom. The predicted octanol–water partition coefficient (Wildman–Crippen LogP) is 5.01. The topological polar surface area (TPSA) is 57.0 Å². The third-order valence-electron chi connectivity index (χ3n) is 4.49. The molecule has 0 amide bonds. The van der Waals surface area contributed by atoms with Crippen molar-refractivity contribution in [2.75, 3.05) is 0 Å². The smallest absolute Gasteiger partial charge is 0.342 e. The quantitative estimate of drug-likeness (QED) is 0.428. The molecule has 0 fully saturated rings. The number of aromatic nitrogens is 3. The van der Waals surface area contributed by atoms with E-state index in [1.54, 1.807) is 10.7 Å². The maximum atomic E-state index is 14.2. The van der Waals surface area contributed by atoms with Crippen molar-refractivity contribution < 1.29 is 13.9 Å². The summed E-state index contributed by atoms with van der Waals surface area (Å²) in [5.74, 6) is -1.40. The SMILES string of the molecule is O=C(OC(/C(=C\c1ccccc1)n1cncn1)c1ccccc1)c1ccccc1F. The molecule has 0 spiro atoms. The summed E-state index contributed by atoms with van der Waals surface area (Å²) in [5, 5.41) is 4.23. The Hall–Kier alpha value is -4.06. The summed E-state index contributed by atoms with van der Waals surface area (Å²) in [5.41, 5.74) is 2.05. The number of carbonyl (C=O) groups is 1. The molecule has 1 aromatic heterocycles. The molecule has 5 nitrogen and oxygen atoms in total. The number of benzene rings is 3. The van der Waals surface area contributed by atoms with E-state index in [1.807, 2.05) is 66.7 Å². The van der Waals surface area contributed by atoms with E-state index < -0.39 is 17.9 Å². The summed E-state index contributed by atoms with van der Waals surface area (Å²) in [6, 6.07) is 24.6. The van der Waals surface area contributed by atoms with Gasteiger partial charge in [-0.3, -0.25) is 0 Å². The summed E-state index contributed by atoms with van der Waals surface area (Å²) >= 11 is 0. The first-order chi connectivity index (χ1) is 14.7. The molecule has 148 valence electrons. The lowest BCUT2D eigenvalue weighted by Crippen LogP contribution is -2.17. The lowest BCUT2D eigenvalue weighted by molar-refractivity contribution is 0.0394. The first-order valence-corrected chi connectivity index (χ1v) is 9.34. The van der Waals surface area contributed by atoms with E-state index in [4.69, 9.17) is 4.74 Å². The molecule has 1 unspecified atom stereocenters. The molecule has 0 bridgehead atoms. The highest BCUT2D eigenvalue weighted by molar-refractivity contribution is 5.91. The van der Waals surface area contributed by atoms with E-state index in [0.717, 1.165) is 11.1 Å². The molecule has 4 aromatic rings. The maximum absolute atomic E-state index is 14.2. The fourth-order valence-electron chi connectivity index (χ4n) is 3.05. The fourth-order valence-corrected chi connectivity index (χ4v) is 3.05. The first-order valence-electron chi connectivity index (χ1n) is 9.34. The molecule has 0 aliphatic heterocycles. The van der Waals surface area contributed by atoms with Gasteiger partial charge in [-0.25, -0.2) is 18.9 Å². The van der Waals surface area contributed by atoms with Crippen LogP contribution in [0.5, 0.6) is 0 Å². The minimum atomic E-state index is -0.833. The second-order valence-electron chi connectivity index (χ2n) is 6.50. The normalized spacial score (nSPS) is 12.4. The number of hydrogen-bond acceptors (Lipinski definition) is 4. The second-order valence-corrected chi connectivity index (χ2v) is 6.50. The molecule has 30 heavy (non-hydrogen) atoms. The van der Waals surface area contributed by atoms with Gasteiger partial charge in [0.1, 0.15) is 18.5 Å². The lowest BCUT2D eigenvalue weighted by atomic mass is 10.0. The zero-order valence-corrected chi connectivity index (χ0v) is 15.9. The van der Waals surface area contributed by atoms with Gasteiger partial charge < -0.3 is 4.74 Å². The van der Waals surface area contributed by atoms with Gasteiger partial charge in [0.05, 0.1) is 11.3 Å². The number of hydrogen-bond donors (Lipinski definition) is 0. The van der Waals surface area contributed by atoms with Crippen LogP contribution in [0.25, 0.3) is 11.8 Å². The maximum Gasteiger partial charge on any atom is 0.342 e. The monoisotopic (exact) mass is 399 g/mol. The summed E-state index contributed by atoms with van der Waals surface area (Å²) < 4.78 is 21.5. The molecule has 0 aliphatic rings. The standard InChI is InChI=1S/C24H18FN3O2/c25-21-14-8-7-13-20(21)24(29)30-23(19-11-5-2-6-12-19)22(28-17-26-16-27-28)15-18-9-3-1-4-10-18/h1-17,23H/b22-15+. The molecule has 3 aromatic carbocycles. The molecule has 0 saturated heterocycles. The van der Waals surface area contributed by atoms with Gasteiger partial charge in [-0.1, -0.05) is 72.8 Å². The molecular formula is C24H18FN3O2. The van der Waals surface area contributed by atoms with Crippen LogP contribution in [0.4, 0.5) is 4.39 Å². The van der Waals surface area contributed by atoms with Gasteiger partial charge in [0.25, 0.3) is 0 Å². The molecule has 1 heterocycles. The zero-order valence-electron chi connectivity index (χ0n) is 15.9. The van der Waals surface area contributed by atoms with Gasteiger partial charge >= 0.3 is 5.97 Å². The predicted molar refractivity (Wildman–Crippen MR) is 112 cm³/mol. The van der Waals surface area contributed by atoms with Crippen molar-refractivity contribution in [1.29, 1.82) is 0 Å². The van der Waals surface area contributed by atoms with Crippen LogP contribution >= 0.6 is 0 Å². The van der Waals surface area contributed by atoms with Gasteiger partial charge in [0, 0.05) is 0 Å². The summed E-state index contributed by atoms with van der Waals surface area (Å²) in [6.45, 7) is 0. The van der Waals surface area contributed by atoms with Crippen LogP contribution < -0.4 is 0 Å². The van der Waals surface area contributed by atoms with Crippen molar-refractivity contribution in [1.82, 2.24) is 14.8 Å². The molecule has 0 N–H and O–H groups in total. The van der Waals surface area contributed by atoms with Crippen LogP contribution in [0, 0.1) is 5.82 Å². The van der Waals surface area contributed by atoms with Gasteiger partial charge in [-0.2, -0.15) is 5.10 Å². The van der Waals surface area contributed by atoms with E-state index in [2.05, 4.69) is 10.1 Å². The minimum absolute atomic E-state index is 0.129. The van der Waals surface area contributed by atoms with Gasteiger partial charge in [-0.15, -0.1) is 0 Å². The summed E-state index contributed by atoms with van der Waals surface area (Å²) in [7, 11) is 0. The Morgan fingerprint density at radius 3 is 2.27 bits per heavy atom. The largest absolute Gasteiger partial charge is 0.447 e. The number of rotatable bonds is 6. The van der Waals surface area contributed by atoms with Gasteiger partial charge in [-0.05, 0) is 29.3 Å². The van der Waals surface area contributed by atoms with Crippen LogP contribution in [0.2, 0.25) is 0 Å². The second kappa shape index (κ2) is 8.96. The fraction of sp³-hybridized carbons (Fsp3) is 0.0417. The van der Waals surface area contributed by atoms with Crippen LogP contribution in [0.3, 0.4) is 0 Å². The number of halogens is 1. The van der Waals surface area contributed by atoms with Crippen LogP contribution in [-0.2, 0) is 4.74 Å². The van der Waals surface area contributed by atoms with Crippen molar-refractivity contribution in [3.05, 3.63) is 120 Å². The molecule has 0 saturated carbocycles. The summed E-state index contributed by atoms with van der Waals surface area (Å²) in [6.07, 6.45) is 3.96. The average molecular weight is 399 g/mol. The van der Waals surface area contributed by atoms with E-state index in [9.17, 15) is 9.18 Å². The zero-order chi connectivity index (χ0) is 20.8. The molecule has 0 aliphatic carbocycles. The van der Waals surface area contributed by atoms with E-state index in [-0.39, 0.29) is 5.56 Å². The van der Waals surface area contributed by atoms with Crippen molar-refractivity contribution in [2.24, 2.45) is 0 Å². The summed E-state index contributed by atoms with van der Waals surface area (Å²) in [4.78, 5) is 16.9. The Balaban J connectivity index is 1.80. The van der Waals surface area contributed by atoms with Crippen molar-refractivity contribution in [2.45, 2.75) is 6.10 Å². The average Bonchev–Trinajstić information content (AvgIpc) is 3.32.